The Morgan fingerprint density at radius 3 is 2.95 bits per heavy atom. The van der Waals surface area contributed by atoms with Gasteiger partial charge in [0.15, 0.2) is 6.61 Å². The number of imide groups is 1. The van der Waals surface area contributed by atoms with Gasteiger partial charge in [-0.1, -0.05) is 11.6 Å². The zero-order valence-corrected chi connectivity index (χ0v) is 10.4. The molecule has 1 aromatic heterocycles. The van der Waals surface area contributed by atoms with Crippen molar-refractivity contribution in [3.63, 3.8) is 0 Å². The highest BCUT2D eigenvalue weighted by Gasteiger charge is 2.29. The highest BCUT2D eigenvalue weighted by atomic mass is 35.5. The Balaban J connectivity index is 1.92. The lowest BCUT2D eigenvalue weighted by Crippen LogP contribution is -2.35. The van der Waals surface area contributed by atoms with Crippen molar-refractivity contribution in [2.24, 2.45) is 0 Å². The highest BCUT2D eigenvalue weighted by molar-refractivity contribution is 6.32. The minimum atomic E-state index is -0.779. The predicted octanol–water partition coefficient (Wildman–Crippen LogP) is 0.871. The number of pyridine rings is 1. The van der Waals surface area contributed by atoms with Gasteiger partial charge in [-0.05, 0) is 12.1 Å². The van der Waals surface area contributed by atoms with Crippen LogP contribution in [0.25, 0.3) is 0 Å². The van der Waals surface area contributed by atoms with E-state index in [1.165, 1.54) is 18.3 Å². The van der Waals surface area contributed by atoms with E-state index in [0.29, 0.717) is 0 Å². The van der Waals surface area contributed by atoms with Crippen LogP contribution >= 0.6 is 11.6 Å². The van der Waals surface area contributed by atoms with Crippen LogP contribution in [-0.4, -0.2) is 47.6 Å². The van der Waals surface area contributed by atoms with E-state index in [1.54, 1.807) is 0 Å². The SMILES string of the molecule is O=C(OCC(=O)N1CCOC1=O)c1cccnc1Cl. The molecule has 0 bridgehead atoms. The Labute approximate surface area is 113 Å². The summed E-state index contributed by atoms with van der Waals surface area (Å²) in [5.41, 5.74) is 0.0564. The number of esters is 1. The summed E-state index contributed by atoms with van der Waals surface area (Å²) >= 11 is 5.70. The zero-order valence-electron chi connectivity index (χ0n) is 9.67. The van der Waals surface area contributed by atoms with Gasteiger partial charge in [-0.25, -0.2) is 19.5 Å². The van der Waals surface area contributed by atoms with Gasteiger partial charge in [0.2, 0.25) is 0 Å². The average Bonchev–Trinajstić information content (AvgIpc) is 2.82. The monoisotopic (exact) mass is 284 g/mol. The first-order valence-corrected chi connectivity index (χ1v) is 5.72. The molecule has 0 atom stereocenters. The van der Waals surface area contributed by atoms with Crippen LogP contribution in [-0.2, 0) is 14.3 Å². The van der Waals surface area contributed by atoms with Gasteiger partial charge in [-0.2, -0.15) is 0 Å². The molecule has 0 N–H and O–H groups in total. The number of amides is 2. The first-order chi connectivity index (χ1) is 9.09. The molecule has 1 aromatic rings. The molecule has 2 rings (SSSR count). The van der Waals surface area contributed by atoms with Gasteiger partial charge in [0.25, 0.3) is 5.91 Å². The van der Waals surface area contributed by atoms with Crippen molar-refractivity contribution in [2.75, 3.05) is 19.8 Å². The second kappa shape index (κ2) is 5.66. The molecule has 1 aliphatic heterocycles. The van der Waals surface area contributed by atoms with E-state index in [0.717, 1.165) is 4.90 Å². The second-order valence-electron chi connectivity index (χ2n) is 3.58. The first kappa shape index (κ1) is 13.3. The number of halogens is 1. The van der Waals surface area contributed by atoms with Crippen molar-refractivity contribution in [3.05, 3.63) is 29.0 Å². The maximum absolute atomic E-state index is 11.6. The number of rotatable bonds is 3. The average molecular weight is 285 g/mol. The Bertz CT molecular complexity index is 534. The van der Waals surface area contributed by atoms with Crippen molar-refractivity contribution in [2.45, 2.75) is 0 Å². The molecule has 0 aromatic carbocycles. The summed E-state index contributed by atoms with van der Waals surface area (Å²) in [6.45, 7) is -0.255. The van der Waals surface area contributed by atoms with Crippen LogP contribution in [0.1, 0.15) is 10.4 Å². The Hall–Kier alpha value is -2.15. The molecule has 7 nitrogen and oxygen atoms in total. The molecule has 100 valence electrons. The van der Waals surface area contributed by atoms with E-state index in [4.69, 9.17) is 16.3 Å². The van der Waals surface area contributed by atoms with Gasteiger partial charge in [0.1, 0.15) is 11.8 Å². The predicted molar refractivity (Wildman–Crippen MR) is 62.6 cm³/mol. The van der Waals surface area contributed by atoms with E-state index >= 15 is 0 Å². The molecular formula is C11H9ClN2O5. The van der Waals surface area contributed by atoms with Crippen molar-refractivity contribution in [3.8, 4) is 0 Å². The van der Waals surface area contributed by atoms with Gasteiger partial charge in [0, 0.05) is 6.20 Å². The van der Waals surface area contributed by atoms with Crippen molar-refractivity contribution in [1.29, 1.82) is 0 Å². The molecule has 0 spiro atoms. The van der Waals surface area contributed by atoms with Gasteiger partial charge < -0.3 is 9.47 Å². The fraction of sp³-hybridized carbons (Fsp3) is 0.273. The molecule has 2 amide bonds. The van der Waals surface area contributed by atoms with E-state index < -0.39 is 24.6 Å². The number of cyclic esters (lactones) is 1. The zero-order chi connectivity index (χ0) is 13.8. The summed E-state index contributed by atoms with van der Waals surface area (Å²) in [6.07, 6.45) is 0.685. The van der Waals surface area contributed by atoms with Crippen molar-refractivity contribution >= 4 is 29.6 Å². The maximum atomic E-state index is 11.6. The normalized spacial score (nSPS) is 14.2. The third kappa shape index (κ3) is 3.00. The van der Waals surface area contributed by atoms with Gasteiger partial charge in [-0.3, -0.25) is 4.79 Å². The van der Waals surface area contributed by atoms with Crippen LogP contribution < -0.4 is 0 Å². The van der Waals surface area contributed by atoms with Crippen molar-refractivity contribution in [1.82, 2.24) is 9.88 Å². The van der Waals surface area contributed by atoms with E-state index in [1.807, 2.05) is 0 Å². The Morgan fingerprint density at radius 1 is 1.53 bits per heavy atom. The van der Waals surface area contributed by atoms with E-state index in [-0.39, 0.29) is 23.9 Å². The summed E-state index contributed by atoms with van der Waals surface area (Å²) in [4.78, 5) is 38.9. The second-order valence-corrected chi connectivity index (χ2v) is 3.94. The number of carbonyl (C=O) groups is 3. The molecule has 2 heterocycles. The van der Waals surface area contributed by atoms with Crippen LogP contribution in [0.3, 0.4) is 0 Å². The summed E-state index contributed by atoms with van der Waals surface area (Å²) in [6, 6.07) is 2.94. The van der Waals surface area contributed by atoms with Gasteiger partial charge in [0.05, 0.1) is 12.1 Å². The van der Waals surface area contributed by atoms with Crippen molar-refractivity contribution < 1.29 is 23.9 Å². The van der Waals surface area contributed by atoms with E-state index in [9.17, 15) is 14.4 Å². The largest absolute Gasteiger partial charge is 0.452 e. The number of carbonyl (C=O) groups excluding carboxylic acids is 3. The molecule has 0 radical (unpaired) electrons. The first-order valence-electron chi connectivity index (χ1n) is 5.34. The Kier molecular flexibility index (Phi) is 3.96. The lowest BCUT2D eigenvalue weighted by atomic mass is 10.3. The summed E-state index contributed by atoms with van der Waals surface area (Å²) in [5.74, 6) is -1.42. The van der Waals surface area contributed by atoms with Gasteiger partial charge >= 0.3 is 12.1 Å². The number of ether oxygens (including phenoxy) is 2. The fourth-order valence-corrected chi connectivity index (χ4v) is 1.64. The quantitative estimate of drug-likeness (QED) is 0.605. The molecular weight excluding hydrogens is 276 g/mol. The smallest absolute Gasteiger partial charge is 0.416 e. The topological polar surface area (TPSA) is 85.8 Å². The molecule has 1 fully saturated rings. The lowest BCUT2D eigenvalue weighted by molar-refractivity contribution is -0.131. The van der Waals surface area contributed by atoms with Crippen LogP contribution in [0.15, 0.2) is 18.3 Å². The highest BCUT2D eigenvalue weighted by Crippen LogP contribution is 2.13. The molecule has 1 saturated heterocycles. The summed E-state index contributed by atoms with van der Waals surface area (Å²) in [5, 5.41) is -0.0134. The molecule has 1 aliphatic rings. The summed E-state index contributed by atoms with van der Waals surface area (Å²) in [7, 11) is 0. The van der Waals surface area contributed by atoms with Crippen LogP contribution in [0.4, 0.5) is 4.79 Å². The number of aromatic nitrogens is 1. The Morgan fingerprint density at radius 2 is 2.32 bits per heavy atom. The molecule has 0 aliphatic carbocycles. The molecule has 0 unspecified atom stereocenters. The molecule has 8 heteroatoms. The maximum Gasteiger partial charge on any atom is 0.416 e. The molecule has 0 saturated carbocycles. The third-order valence-electron chi connectivity index (χ3n) is 2.37. The number of hydrogen-bond donors (Lipinski definition) is 0. The number of nitrogens with zero attached hydrogens (tertiary/aromatic N) is 2. The van der Waals surface area contributed by atoms with Gasteiger partial charge in [-0.15, -0.1) is 0 Å². The van der Waals surface area contributed by atoms with Crippen LogP contribution in [0, 0.1) is 0 Å². The standard InChI is InChI=1S/C11H9ClN2O5/c12-9-7(2-1-3-13-9)10(16)19-6-8(15)14-4-5-18-11(14)17/h1-3H,4-6H2. The minimum absolute atomic E-state index is 0.0134. The minimum Gasteiger partial charge on any atom is -0.452 e. The molecule has 19 heavy (non-hydrogen) atoms. The summed E-state index contributed by atoms with van der Waals surface area (Å²) < 4.78 is 9.36. The van der Waals surface area contributed by atoms with E-state index in [2.05, 4.69) is 9.72 Å². The fourth-order valence-electron chi connectivity index (χ4n) is 1.44. The number of hydrogen-bond acceptors (Lipinski definition) is 6. The van der Waals surface area contributed by atoms with Crippen LogP contribution in [0.5, 0.6) is 0 Å². The lowest BCUT2D eigenvalue weighted by Gasteiger charge is -2.10. The third-order valence-corrected chi connectivity index (χ3v) is 2.67. The van der Waals surface area contributed by atoms with Crippen LogP contribution in [0.2, 0.25) is 5.15 Å².